The Morgan fingerprint density at radius 2 is 2.12 bits per heavy atom. The maximum atomic E-state index is 13.4. The van der Waals surface area contributed by atoms with Crippen LogP contribution in [0.15, 0.2) is 48.5 Å². The summed E-state index contributed by atoms with van der Waals surface area (Å²) in [5.74, 6) is 0.476. The molecule has 24 heavy (non-hydrogen) atoms. The van der Waals surface area contributed by atoms with Crippen LogP contribution < -0.4 is 4.74 Å². The van der Waals surface area contributed by atoms with Gasteiger partial charge in [0, 0.05) is 6.54 Å². The Morgan fingerprint density at radius 1 is 1.29 bits per heavy atom. The van der Waals surface area contributed by atoms with E-state index in [4.69, 9.17) is 9.47 Å². The molecular formula is C19H20FNO3. The lowest BCUT2D eigenvalue weighted by Crippen LogP contribution is -2.43. The van der Waals surface area contributed by atoms with Crippen LogP contribution in [0.25, 0.3) is 0 Å². The first-order valence-corrected chi connectivity index (χ1v) is 7.93. The van der Waals surface area contributed by atoms with E-state index in [1.165, 1.54) is 12.1 Å². The Labute approximate surface area is 140 Å². The first-order chi connectivity index (χ1) is 11.7. The van der Waals surface area contributed by atoms with Crippen LogP contribution in [-0.4, -0.2) is 37.6 Å². The van der Waals surface area contributed by atoms with Crippen molar-refractivity contribution < 1.29 is 18.7 Å². The minimum absolute atomic E-state index is 0.0351. The molecule has 1 fully saturated rings. The third-order valence-corrected chi connectivity index (χ3v) is 4.13. The van der Waals surface area contributed by atoms with Crippen LogP contribution in [0.3, 0.4) is 0 Å². The van der Waals surface area contributed by atoms with E-state index in [1.54, 1.807) is 18.1 Å². The van der Waals surface area contributed by atoms with Gasteiger partial charge in [0.1, 0.15) is 17.7 Å². The molecule has 1 atom stereocenters. The number of carbonyl (C=O) groups is 1. The Morgan fingerprint density at radius 3 is 2.92 bits per heavy atom. The number of morpholine rings is 1. The predicted molar refractivity (Wildman–Crippen MR) is 88.4 cm³/mol. The molecule has 0 aliphatic carbocycles. The van der Waals surface area contributed by atoms with Crippen LogP contribution in [0.2, 0.25) is 0 Å². The van der Waals surface area contributed by atoms with Crippen molar-refractivity contribution in [3.05, 3.63) is 65.5 Å². The lowest BCUT2D eigenvalue weighted by Gasteiger charge is -2.33. The van der Waals surface area contributed by atoms with Crippen LogP contribution >= 0.6 is 0 Å². The Bertz CT molecular complexity index is 719. The minimum atomic E-state index is -0.295. The van der Waals surface area contributed by atoms with E-state index in [0.717, 1.165) is 16.9 Å². The monoisotopic (exact) mass is 329 g/mol. The van der Waals surface area contributed by atoms with Gasteiger partial charge in [0.2, 0.25) is 5.91 Å². The average Bonchev–Trinajstić information content (AvgIpc) is 2.62. The number of halogens is 1. The maximum absolute atomic E-state index is 13.4. The highest BCUT2D eigenvalue weighted by Gasteiger charge is 2.25. The summed E-state index contributed by atoms with van der Waals surface area (Å²) in [7, 11) is 1.60. The van der Waals surface area contributed by atoms with Gasteiger partial charge in [-0.25, -0.2) is 4.39 Å². The molecule has 0 radical (unpaired) electrons. The highest BCUT2D eigenvalue weighted by molar-refractivity contribution is 5.79. The predicted octanol–water partition coefficient (Wildman–Crippen LogP) is 2.98. The van der Waals surface area contributed by atoms with E-state index in [2.05, 4.69) is 0 Å². The molecule has 1 amide bonds. The number of ether oxygens (including phenoxy) is 2. The van der Waals surface area contributed by atoms with Crippen molar-refractivity contribution in [1.29, 1.82) is 0 Å². The molecule has 2 aromatic rings. The van der Waals surface area contributed by atoms with Crippen LogP contribution in [0, 0.1) is 5.82 Å². The summed E-state index contributed by atoms with van der Waals surface area (Å²) in [6.07, 6.45) is 0.0243. The van der Waals surface area contributed by atoms with Gasteiger partial charge in [-0.2, -0.15) is 0 Å². The Hall–Kier alpha value is -2.40. The molecule has 0 aromatic heterocycles. The number of nitrogens with zero attached hydrogens (tertiary/aromatic N) is 1. The van der Waals surface area contributed by atoms with Gasteiger partial charge in [0.05, 0.1) is 26.7 Å². The molecule has 1 saturated heterocycles. The molecule has 0 spiro atoms. The van der Waals surface area contributed by atoms with E-state index < -0.39 is 0 Å². The van der Waals surface area contributed by atoms with Crippen molar-refractivity contribution in [3.8, 4) is 5.75 Å². The normalized spacial score (nSPS) is 17.6. The zero-order valence-corrected chi connectivity index (χ0v) is 13.6. The fourth-order valence-electron chi connectivity index (χ4n) is 2.85. The second-order valence-corrected chi connectivity index (χ2v) is 5.78. The first kappa shape index (κ1) is 16.5. The number of amides is 1. The van der Waals surface area contributed by atoms with Crippen molar-refractivity contribution >= 4 is 5.91 Å². The number of methoxy groups -OCH3 is 1. The van der Waals surface area contributed by atoms with E-state index in [9.17, 15) is 9.18 Å². The van der Waals surface area contributed by atoms with Crippen LogP contribution in [-0.2, 0) is 16.0 Å². The van der Waals surface area contributed by atoms with E-state index >= 15 is 0 Å². The summed E-state index contributed by atoms with van der Waals surface area (Å²) in [5.41, 5.74) is 1.67. The van der Waals surface area contributed by atoms with Gasteiger partial charge in [-0.3, -0.25) is 4.79 Å². The number of hydrogen-bond acceptors (Lipinski definition) is 3. The molecule has 2 aromatic carbocycles. The molecule has 1 aliphatic rings. The SMILES string of the molecule is COc1cccc(CC(=O)N2CCO[C@H](c3cccc(F)c3)C2)c1. The first-order valence-electron chi connectivity index (χ1n) is 7.93. The van der Waals surface area contributed by atoms with Crippen LogP contribution in [0.1, 0.15) is 17.2 Å². The zero-order chi connectivity index (χ0) is 16.9. The number of benzene rings is 2. The quantitative estimate of drug-likeness (QED) is 0.866. The molecule has 4 nitrogen and oxygen atoms in total. The minimum Gasteiger partial charge on any atom is -0.497 e. The molecule has 0 N–H and O–H groups in total. The summed E-state index contributed by atoms with van der Waals surface area (Å²) in [6.45, 7) is 1.44. The summed E-state index contributed by atoms with van der Waals surface area (Å²) >= 11 is 0. The summed E-state index contributed by atoms with van der Waals surface area (Å²) in [6, 6.07) is 13.8. The van der Waals surface area contributed by atoms with Crippen molar-refractivity contribution in [3.63, 3.8) is 0 Å². The van der Waals surface area contributed by atoms with Crippen molar-refractivity contribution in [2.75, 3.05) is 26.8 Å². The van der Waals surface area contributed by atoms with Crippen molar-refractivity contribution in [2.24, 2.45) is 0 Å². The topological polar surface area (TPSA) is 38.8 Å². The van der Waals surface area contributed by atoms with Gasteiger partial charge in [-0.15, -0.1) is 0 Å². The number of carbonyl (C=O) groups excluding carboxylic acids is 1. The molecule has 1 aliphatic heterocycles. The highest BCUT2D eigenvalue weighted by Crippen LogP contribution is 2.23. The van der Waals surface area contributed by atoms with E-state index in [-0.39, 0.29) is 17.8 Å². The van der Waals surface area contributed by atoms with E-state index in [0.29, 0.717) is 26.1 Å². The van der Waals surface area contributed by atoms with Gasteiger partial charge in [0.25, 0.3) is 0 Å². The number of hydrogen-bond donors (Lipinski definition) is 0. The molecule has 3 rings (SSSR count). The van der Waals surface area contributed by atoms with Crippen LogP contribution in [0.5, 0.6) is 5.75 Å². The second kappa shape index (κ2) is 7.45. The standard InChI is InChI=1S/C19H20FNO3/c1-23-17-7-2-4-14(10-17)11-19(22)21-8-9-24-18(13-21)15-5-3-6-16(20)12-15/h2-7,10,12,18H,8-9,11,13H2,1H3/t18-/m0/s1. The van der Waals surface area contributed by atoms with Gasteiger partial charge < -0.3 is 14.4 Å². The highest BCUT2D eigenvalue weighted by atomic mass is 19.1. The summed E-state index contributed by atoms with van der Waals surface area (Å²) in [5, 5.41) is 0. The van der Waals surface area contributed by atoms with Crippen molar-refractivity contribution in [2.45, 2.75) is 12.5 Å². The van der Waals surface area contributed by atoms with Crippen molar-refractivity contribution in [1.82, 2.24) is 4.90 Å². The Kier molecular flexibility index (Phi) is 5.11. The molecule has 0 saturated carbocycles. The third-order valence-electron chi connectivity index (χ3n) is 4.13. The maximum Gasteiger partial charge on any atom is 0.227 e. The van der Waals surface area contributed by atoms with Gasteiger partial charge in [-0.05, 0) is 35.4 Å². The van der Waals surface area contributed by atoms with Gasteiger partial charge in [0.15, 0.2) is 0 Å². The largest absolute Gasteiger partial charge is 0.497 e. The molecule has 126 valence electrons. The molecular weight excluding hydrogens is 309 g/mol. The van der Waals surface area contributed by atoms with Gasteiger partial charge in [-0.1, -0.05) is 24.3 Å². The molecule has 1 heterocycles. The molecule has 0 unspecified atom stereocenters. The fourth-order valence-corrected chi connectivity index (χ4v) is 2.85. The molecule has 5 heteroatoms. The molecule has 0 bridgehead atoms. The Balaban J connectivity index is 1.66. The lowest BCUT2D eigenvalue weighted by molar-refractivity contribution is -0.138. The summed E-state index contributed by atoms with van der Waals surface area (Å²) < 4.78 is 24.3. The van der Waals surface area contributed by atoms with Gasteiger partial charge >= 0.3 is 0 Å². The second-order valence-electron chi connectivity index (χ2n) is 5.78. The fraction of sp³-hybridized carbons (Fsp3) is 0.316. The van der Waals surface area contributed by atoms with Crippen LogP contribution in [0.4, 0.5) is 4.39 Å². The third kappa shape index (κ3) is 3.92. The number of rotatable bonds is 4. The summed E-state index contributed by atoms with van der Waals surface area (Å²) in [4.78, 5) is 14.3. The zero-order valence-electron chi connectivity index (χ0n) is 13.6. The average molecular weight is 329 g/mol. The van der Waals surface area contributed by atoms with E-state index in [1.807, 2.05) is 30.3 Å². The lowest BCUT2D eigenvalue weighted by atomic mass is 10.1. The smallest absolute Gasteiger partial charge is 0.227 e.